The lowest BCUT2D eigenvalue weighted by Gasteiger charge is -2.16. The quantitative estimate of drug-likeness (QED) is 0.626. The first-order valence-corrected chi connectivity index (χ1v) is 7.03. The van der Waals surface area contributed by atoms with Gasteiger partial charge in [-0.05, 0) is 26.7 Å². The molecule has 0 bridgehead atoms. The first kappa shape index (κ1) is 19.7. The van der Waals surface area contributed by atoms with Crippen LogP contribution >= 0.6 is 0 Å². The maximum Gasteiger partial charge on any atom is 0.219 e. The van der Waals surface area contributed by atoms with Crippen LogP contribution in [0.2, 0.25) is 0 Å². The van der Waals surface area contributed by atoms with E-state index in [9.17, 15) is 4.79 Å². The van der Waals surface area contributed by atoms with Gasteiger partial charge in [0, 0.05) is 26.0 Å². The number of carbonyl (C=O) groups excluding carboxylic acids is 1. The fourth-order valence-corrected chi connectivity index (χ4v) is 1.40. The summed E-state index contributed by atoms with van der Waals surface area (Å²) in [4.78, 5) is 11.0. The van der Waals surface area contributed by atoms with E-state index in [1.54, 1.807) is 7.05 Å². The highest BCUT2D eigenvalue weighted by Crippen LogP contribution is 2.11. The summed E-state index contributed by atoms with van der Waals surface area (Å²) in [5, 5.41) is 11.7. The zero-order valence-corrected chi connectivity index (χ0v) is 12.7. The molecule has 0 aliphatic heterocycles. The Bertz CT molecular complexity index is 184. The van der Waals surface area contributed by atoms with Crippen LogP contribution in [0.3, 0.4) is 0 Å². The van der Waals surface area contributed by atoms with Crippen molar-refractivity contribution in [2.45, 2.75) is 59.5 Å². The molecule has 0 radical (unpaired) electrons. The van der Waals surface area contributed by atoms with Gasteiger partial charge in [-0.25, -0.2) is 0 Å². The molecule has 0 aliphatic carbocycles. The zero-order valence-electron chi connectivity index (χ0n) is 12.7. The fourth-order valence-electron chi connectivity index (χ4n) is 1.40. The third kappa shape index (κ3) is 13.5. The van der Waals surface area contributed by atoms with E-state index in [-0.39, 0.29) is 24.5 Å². The average molecular weight is 261 g/mol. The number of aliphatic hydroxyl groups excluding tert-OH is 1. The number of hydrogen-bond donors (Lipinski definition) is 2. The summed E-state index contributed by atoms with van der Waals surface area (Å²) in [5.41, 5.74) is 0. The molecule has 0 rings (SSSR count). The minimum absolute atomic E-state index is 0.0824. The SMILES string of the molecule is CC.CNC(=O)CCCCC(CO)COC(C)C. The van der Waals surface area contributed by atoms with Gasteiger partial charge in [-0.2, -0.15) is 0 Å². The first-order valence-electron chi connectivity index (χ1n) is 7.03. The second-order valence-electron chi connectivity index (χ2n) is 4.35. The number of hydrogen-bond acceptors (Lipinski definition) is 3. The lowest BCUT2D eigenvalue weighted by atomic mass is 10.0. The molecule has 0 aliphatic rings. The number of ether oxygens (including phenoxy) is 1. The lowest BCUT2D eigenvalue weighted by Crippen LogP contribution is -2.18. The maximum atomic E-state index is 11.0. The highest BCUT2D eigenvalue weighted by molar-refractivity contribution is 5.75. The Morgan fingerprint density at radius 1 is 1.28 bits per heavy atom. The van der Waals surface area contributed by atoms with Crippen LogP contribution in [0.5, 0.6) is 0 Å². The molecule has 4 heteroatoms. The van der Waals surface area contributed by atoms with E-state index in [1.165, 1.54) is 0 Å². The van der Waals surface area contributed by atoms with Crippen LogP contribution < -0.4 is 5.32 Å². The molecule has 110 valence electrons. The van der Waals surface area contributed by atoms with E-state index < -0.39 is 0 Å². The fraction of sp³-hybridized carbons (Fsp3) is 0.929. The molecule has 18 heavy (non-hydrogen) atoms. The van der Waals surface area contributed by atoms with E-state index >= 15 is 0 Å². The van der Waals surface area contributed by atoms with Gasteiger partial charge in [-0.3, -0.25) is 4.79 Å². The Morgan fingerprint density at radius 2 is 1.89 bits per heavy atom. The van der Waals surface area contributed by atoms with Crippen molar-refractivity contribution in [1.29, 1.82) is 0 Å². The van der Waals surface area contributed by atoms with Gasteiger partial charge in [0.05, 0.1) is 12.7 Å². The van der Waals surface area contributed by atoms with Gasteiger partial charge in [0.1, 0.15) is 0 Å². The molecule has 0 aromatic rings. The van der Waals surface area contributed by atoms with Crippen molar-refractivity contribution in [2.24, 2.45) is 5.92 Å². The van der Waals surface area contributed by atoms with Crippen LogP contribution in [0.1, 0.15) is 53.4 Å². The van der Waals surface area contributed by atoms with E-state index in [0.29, 0.717) is 13.0 Å². The number of unbranched alkanes of at least 4 members (excludes halogenated alkanes) is 1. The number of nitrogens with one attached hydrogen (secondary N) is 1. The summed E-state index contributed by atoms with van der Waals surface area (Å²) < 4.78 is 5.45. The molecule has 0 saturated heterocycles. The molecule has 0 saturated carbocycles. The van der Waals surface area contributed by atoms with E-state index in [2.05, 4.69) is 5.32 Å². The molecule has 0 fully saturated rings. The van der Waals surface area contributed by atoms with Crippen molar-refractivity contribution in [2.75, 3.05) is 20.3 Å². The average Bonchev–Trinajstić information content (AvgIpc) is 2.39. The third-order valence-corrected chi connectivity index (χ3v) is 2.47. The highest BCUT2D eigenvalue weighted by atomic mass is 16.5. The summed E-state index contributed by atoms with van der Waals surface area (Å²) >= 11 is 0. The molecule has 0 heterocycles. The summed E-state index contributed by atoms with van der Waals surface area (Å²) in [5.74, 6) is 0.283. The Morgan fingerprint density at radius 3 is 2.33 bits per heavy atom. The van der Waals surface area contributed by atoms with Gasteiger partial charge in [0.15, 0.2) is 0 Å². The lowest BCUT2D eigenvalue weighted by molar-refractivity contribution is -0.120. The predicted molar refractivity (Wildman–Crippen MR) is 75.5 cm³/mol. The Hall–Kier alpha value is -0.610. The van der Waals surface area contributed by atoms with Crippen molar-refractivity contribution in [3.63, 3.8) is 0 Å². The van der Waals surface area contributed by atoms with Gasteiger partial charge in [0.2, 0.25) is 5.91 Å². The molecular formula is C14H31NO3. The Labute approximate surface area is 112 Å². The van der Waals surface area contributed by atoms with E-state index in [4.69, 9.17) is 9.84 Å². The van der Waals surface area contributed by atoms with E-state index in [0.717, 1.165) is 19.3 Å². The van der Waals surface area contributed by atoms with Crippen LogP contribution in [-0.4, -0.2) is 37.4 Å². The molecular weight excluding hydrogens is 230 g/mol. The number of carbonyl (C=O) groups is 1. The van der Waals surface area contributed by atoms with Crippen LogP contribution in [0.15, 0.2) is 0 Å². The van der Waals surface area contributed by atoms with Crippen LogP contribution in [0, 0.1) is 5.92 Å². The monoisotopic (exact) mass is 261 g/mol. The summed E-state index contributed by atoms with van der Waals surface area (Å²) in [6.45, 7) is 8.74. The van der Waals surface area contributed by atoms with Crippen molar-refractivity contribution < 1.29 is 14.6 Å². The normalized spacial score (nSPS) is 11.7. The molecule has 1 unspecified atom stereocenters. The summed E-state index contributed by atoms with van der Waals surface area (Å²) in [7, 11) is 1.65. The van der Waals surface area contributed by atoms with Crippen molar-refractivity contribution >= 4 is 5.91 Å². The van der Waals surface area contributed by atoms with Crippen LogP contribution in [0.25, 0.3) is 0 Å². The number of aliphatic hydroxyl groups is 1. The van der Waals surface area contributed by atoms with Crippen LogP contribution in [0.4, 0.5) is 0 Å². The Balaban J connectivity index is 0. The minimum Gasteiger partial charge on any atom is -0.396 e. The zero-order chi connectivity index (χ0) is 14.4. The highest BCUT2D eigenvalue weighted by Gasteiger charge is 2.09. The molecule has 0 aromatic heterocycles. The third-order valence-electron chi connectivity index (χ3n) is 2.47. The summed E-state index contributed by atoms with van der Waals surface area (Å²) in [6, 6.07) is 0. The smallest absolute Gasteiger partial charge is 0.219 e. The van der Waals surface area contributed by atoms with Gasteiger partial charge in [0.25, 0.3) is 0 Å². The first-order chi connectivity index (χ1) is 8.60. The predicted octanol–water partition coefficient (Wildman–Crippen LogP) is 2.35. The van der Waals surface area contributed by atoms with Crippen LogP contribution in [-0.2, 0) is 9.53 Å². The molecule has 0 spiro atoms. The van der Waals surface area contributed by atoms with Crippen molar-refractivity contribution in [3.8, 4) is 0 Å². The minimum atomic E-state index is 0.0824. The van der Waals surface area contributed by atoms with Crippen molar-refractivity contribution in [3.05, 3.63) is 0 Å². The second-order valence-corrected chi connectivity index (χ2v) is 4.35. The molecule has 1 atom stereocenters. The largest absolute Gasteiger partial charge is 0.396 e. The topological polar surface area (TPSA) is 58.6 Å². The van der Waals surface area contributed by atoms with Gasteiger partial charge in [-0.1, -0.05) is 20.3 Å². The number of rotatable bonds is 9. The van der Waals surface area contributed by atoms with Crippen molar-refractivity contribution in [1.82, 2.24) is 5.32 Å². The van der Waals surface area contributed by atoms with Gasteiger partial charge in [-0.15, -0.1) is 0 Å². The second kappa shape index (κ2) is 14.5. The summed E-state index contributed by atoms with van der Waals surface area (Å²) in [6.07, 6.45) is 3.53. The maximum absolute atomic E-state index is 11.0. The molecule has 4 nitrogen and oxygen atoms in total. The molecule has 0 aromatic carbocycles. The standard InChI is InChI=1S/C12H25NO3.C2H6/c1-10(2)16-9-11(8-14)6-4-5-7-12(15)13-3;1-2/h10-11,14H,4-9H2,1-3H3,(H,13,15);1-2H3. The van der Waals surface area contributed by atoms with Gasteiger partial charge < -0.3 is 15.2 Å². The number of amides is 1. The molecule has 1 amide bonds. The van der Waals surface area contributed by atoms with Gasteiger partial charge >= 0.3 is 0 Å². The molecule has 2 N–H and O–H groups in total. The Kier molecular flexibility index (Phi) is 15.8. The van der Waals surface area contributed by atoms with E-state index in [1.807, 2.05) is 27.7 Å².